The average Bonchev–Trinajstić information content (AvgIpc) is 3.09. The van der Waals surface area contributed by atoms with Gasteiger partial charge in [0.1, 0.15) is 0 Å². The van der Waals surface area contributed by atoms with E-state index in [4.69, 9.17) is 0 Å². The fraction of sp³-hybridized carbons (Fsp3) is 0.600. The first-order valence-electron chi connectivity index (χ1n) is 15.3. The monoisotopic (exact) mass is 904 g/mol. The maximum absolute atomic E-state index is 14.6. The van der Waals surface area contributed by atoms with Gasteiger partial charge in [-0.15, -0.1) is 0 Å². The Labute approximate surface area is 311 Å². The number of aliphatic hydroxyl groups is 2. The van der Waals surface area contributed by atoms with E-state index in [1.807, 2.05) is 0 Å². The Morgan fingerprint density at radius 1 is 0.554 bits per heavy atom. The van der Waals surface area contributed by atoms with Crippen LogP contribution in [0.3, 0.4) is 0 Å². The Kier molecular flexibility index (Phi) is 15.0. The molecule has 6 nitrogen and oxygen atoms in total. The van der Waals surface area contributed by atoms with E-state index >= 15 is 0 Å². The first-order chi connectivity index (χ1) is 25.2. The number of hydrogen-bond acceptors (Lipinski definition) is 7. The number of rotatable bonds is 21. The molecule has 0 saturated carbocycles. The summed E-state index contributed by atoms with van der Waals surface area (Å²) in [4.78, 5) is -1.16. The largest absolute Gasteiger partial charge is 0.460 e. The normalized spacial score (nSPS) is 15.9. The first-order valence-corrected chi connectivity index (χ1v) is 19.4. The second-order valence-corrected chi connectivity index (χ2v) is 17.9. The Morgan fingerprint density at radius 3 is 1.29 bits per heavy atom. The van der Waals surface area contributed by atoms with E-state index in [0.717, 1.165) is 24.3 Å². The molecule has 0 aromatic heterocycles. The van der Waals surface area contributed by atoms with Gasteiger partial charge in [-0.05, 0) is 55.2 Å². The van der Waals surface area contributed by atoms with Gasteiger partial charge < -0.3 is 10.2 Å². The van der Waals surface area contributed by atoms with E-state index in [9.17, 15) is 102 Å². The van der Waals surface area contributed by atoms with Crippen LogP contribution in [-0.2, 0) is 19.7 Å². The molecular formula is C30H29F17O6S3. The van der Waals surface area contributed by atoms with Gasteiger partial charge in [0.25, 0.3) is 0 Å². The quantitative estimate of drug-likeness (QED) is 0.121. The molecular weight excluding hydrogens is 875 g/mol. The van der Waals surface area contributed by atoms with Crippen molar-refractivity contribution in [3.63, 3.8) is 0 Å². The summed E-state index contributed by atoms with van der Waals surface area (Å²) in [6.45, 7) is -1.98. The van der Waals surface area contributed by atoms with Gasteiger partial charge in [-0.25, -0.2) is 16.8 Å². The molecule has 2 aromatic rings. The van der Waals surface area contributed by atoms with Crippen LogP contribution in [0.25, 0.3) is 0 Å². The number of halogens is 17. The summed E-state index contributed by atoms with van der Waals surface area (Å²) in [6.07, 6.45) is -12.7. The summed E-state index contributed by atoms with van der Waals surface area (Å²) < 4.78 is 285. The average molecular weight is 905 g/mol. The second-order valence-electron chi connectivity index (χ2n) is 12.0. The lowest BCUT2D eigenvalue weighted by atomic mass is 9.88. The highest BCUT2D eigenvalue weighted by Gasteiger charge is 2.95. The van der Waals surface area contributed by atoms with Gasteiger partial charge in [-0.2, -0.15) is 86.4 Å². The summed E-state index contributed by atoms with van der Waals surface area (Å²) in [5, 5.41) is 17.9. The Hall–Kier alpha value is -2.58. The second kappa shape index (κ2) is 17.0. The van der Waals surface area contributed by atoms with Gasteiger partial charge in [0.05, 0.1) is 9.79 Å². The van der Waals surface area contributed by atoms with Crippen molar-refractivity contribution in [3.05, 3.63) is 60.7 Å². The van der Waals surface area contributed by atoms with Gasteiger partial charge in [0.15, 0.2) is 24.3 Å². The van der Waals surface area contributed by atoms with Crippen molar-refractivity contribution in [1.29, 1.82) is 0 Å². The van der Waals surface area contributed by atoms with Crippen LogP contribution in [0.1, 0.15) is 25.7 Å². The molecule has 0 spiro atoms. The highest BCUT2D eigenvalue weighted by Crippen LogP contribution is 2.64. The summed E-state index contributed by atoms with van der Waals surface area (Å²) in [5.41, 5.74) is 0. The molecule has 0 aliphatic heterocycles. The zero-order valence-corrected chi connectivity index (χ0v) is 30.1. The van der Waals surface area contributed by atoms with Crippen LogP contribution in [0.15, 0.2) is 70.5 Å². The molecule has 0 unspecified atom stereocenters. The zero-order valence-electron chi connectivity index (χ0n) is 27.6. The van der Waals surface area contributed by atoms with E-state index in [1.165, 1.54) is 36.4 Å². The lowest BCUT2D eigenvalue weighted by Gasteiger charge is -2.42. The summed E-state index contributed by atoms with van der Waals surface area (Å²) in [7, 11) is -9.91. The van der Waals surface area contributed by atoms with Crippen molar-refractivity contribution in [2.75, 3.05) is 19.0 Å². The van der Waals surface area contributed by atoms with Crippen molar-refractivity contribution < 1.29 is 102 Å². The number of alkyl halides is 17. The third-order valence-electron chi connectivity index (χ3n) is 8.27. The van der Waals surface area contributed by atoms with Crippen LogP contribution < -0.4 is 0 Å². The molecule has 0 amide bonds. The van der Waals surface area contributed by atoms with E-state index in [2.05, 4.69) is 0 Å². The summed E-state index contributed by atoms with van der Waals surface area (Å²) >= 11 is -0.0728. The lowest BCUT2D eigenvalue weighted by Crippen LogP contribution is -2.74. The minimum atomic E-state index is -8.78. The number of thioether (sulfide) groups is 1. The molecule has 56 heavy (non-hydrogen) atoms. The van der Waals surface area contributed by atoms with Crippen LogP contribution in [0, 0.1) is 5.92 Å². The van der Waals surface area contributed by atoms with Crippen molar-refractivity contribution in [1.82, 2.24) is 0 Å². The van der Waals surface area contributed by atoms with Gasteiger partial charge in [-0.1, -0.05) is 36.4 Å². The lowest BCUT2D eigenvalue weighted by molar-refractivity contribution is -0.461. The third-order valence-corrected chi connectivity index (χ3v) is 14.9. The molecule has 2 atom stereocenters. The molecule has 0 radical (unpaired) electrons. The van der Waals surface area contributed by atoms with E-state index in [0.29, 0.717) is 0 Å². The maximum Gasteiger partial charge on any atom is 0.460 e. The molecule has 2 rings (SSSR count). The van der Waals surface area contributed by atoms with Crippen molar-refractivity contribution in [2.24, 2.45) is 5.92 Å². The van der Waals surface area contributed by atoms with Gasteiger partial charge in [0.2, 0.25) is 0 Å². The first kappa shape index (κ1) is 49.6. The highest BCUT2D eigenvalue weighted by atomic mass is 32.3. The smallest absolute Gasteiger partial charge is 0.396 e. The zero-order chi connectivity index (χ0) is 43.6. The molecule has 26 heteroatoms. The Bertz CT molecular complexity index is 1740. The van der Waals surface area contributed by atoms with Crippen LogP contribution in [0.2, 0.25) is 0 Å². The van der Waals surface area contributed by atoms with Crippen LogP contribution in [0.5, 0.6) is 0 Å². The highest BCUT2D eigenvalue weighted by molar-refractivity contribution is 8.09. The standard InChI is InChI=1S/C30H29F17O6S3/c31-23(32,24(33,34)25(35,36)26(37,38)27(39,40)28(41,42)29(43,44)30(45,46)47)13-15-54-21(12-7-14-48)18(17-49)16-22(55(50,51)19-8-3-1-4-9-19)56(52,53)20-10-5-2-6-11-20/h1-6,8-11,18,21-22,48-49H,7,12-17H2/t18-,21-/m1/s1. The summed E-state index contributed by atoms with van der Waals surface area (Å²) in [6, 6.07) is 11.4. The Balaban J connectivity index is 2.51. The van der Waals surface area contributed by atoms with Gasteiger partial charge in [-0.3, -0.25) is 0 Å². The summed E-state index contributed by atoms with van der Waals surface area (Å²) in [5.74, 6) is -60.9. The third kappa shape index (κ3) is 8.87. The number of hydrogen-bond donors (Lipinski definition) is 2. The van der Waals surface area contributed by atoms with Crippen molar-refractivity contribution in [2.45, 2.75) is 92.9 Å². The molecule has 0 bridgehead atoms. The van der Waals surface area contributed by atoms with Gasteiger partial charge >= 0.3 is 47.6 Å². The topological polar surface area (TPSA) is 109 Å². The molecule has 0 heterocycles. The Morgan fingerprint density at radius 2 is 0.929 bits per heavy atom. The van der Waals surface area contributed by atoms with Gasteiger partial charge in [0, 0.05) is 24.9 Å². The van der Waals surface area contributed by atoms with E-state index in [1.54, 1.807) is 0 Å². The SMILES string of the molecule is O=S(=O)(c1ccccc1)C(C[C@H](CO)[C@@H](CCCO)SCCC(F)(F)C(F)(F)C(F)(F)C(F)(F)C(F)(F)C(F)(F)C(F)(F)C(F)(F)F)S(=O)(=O)c1ccccc1. The number of aliphatic hydroxyl groups excluding tert-OH is 2. The van der Waals surface area contributed by atoms with Crippen LogP contribution >= 0.6 is 11.8 Å². The predicted molar refractivity (Wildman–Crippen MR) is 164 cm³/mol. The molecule has 2 aromatic carbocycles. The molecule has 0 fully saturated rings. The minimum Gasteiger partial charge on any atom is -0.396 e. The minimum absolute atomic E-state index is 0.0728. The molecule has 2 N–H and O–H groups in total. The van der Waals surface area contributed by atoms with Crippen LogP contribution in [-0.4, -0.2) is 103 Å². The fourth-order valence-electron chi connectivity index (χ4n) is 4.97. The van der Waals surface area contributed by atoms with Crippen molar-refractivity contribution >= 4 is 31.4 Å². The van der Waals surface area contributed by atoms with Crippen LogP contribution in [0.4, 0.5) is 74.6 Å². The fourth-order valence-corrected chi connectivity index (χ4v) is 11.1. The van der Waals surface area contributed by atoms with E-state index < -0.39 is 137 Å². The maximum atomic E-state index is 14.6. The molecule has 0 aliphatic carbocycles. The predicted octanol–water partition coefficient (Wildman–Crippen LogP) is 8.53. The van der Waals surface area contributed by atoms with E-state index in [-0.39, 0.29) is 11.8 Å². The molecule has 322 valence electrons. The molecule has 0 saturated heterocycles. The number of sulfone groups is 2. The molecule has 0 aliphatic rings. The number of benzene rings is 2. The van der Waals surface area contributed by atoms with Crippen molar-refractivity contribution in [3.8, 4) is 0 Å².